The highest BCUT2D eigenvalue weighted by Gasteiger charge is 2.07. The highest BCUT2D eigenvalue weighted by atomic mass is 32.1. The second-order valence-electron chi connectivity index (χ2n) is 4.07. The van der Waals surface area contributed by atoms with E-state index in [9.17, 15) is 0 Å². The lowest BCUT2D eigenvalue weighted by Crippen LogP contribution is -2.37. The molecule has 0 saturated heterocycles. The summed E-state index contributed by atoms with van der Waals surface area (Å²) in [5.74, 6) is 0. The fourth-order valence-corrected chi connectivity index (χ4v) is 1.81. The van der Waals surface area contributed by atoms with Crippen LogP contribution < -0.4 is 5.32 Å². The van der Waals surface area contributed by atoms with Crippen molar-refractivity contribution in [2.75, 3.05) is 27.3 Å². The van der Waals surface area contributed by atoms with Gasteiger partial charge in [-0.25, -0.2) is 0 Å². The van der Waals surface area contributed by atoms with Crippen LogP contribution in [0.1, 0.15) is 19.0 Å². The monoisotopic (exact) mass is 270 g/mol. The molecule has 0 radical (unpaired) electrons. The fraction of sp³-hybridized carbons (Fsp3) is 0.667. The van der Waals surface area contributed by atoms with E-state index in [0.717, 1.165) is 37.8 Å². The van der Waals surface area contributed by atoms with Crippen LogP contribution in [0.3, 0.4) is 0 Å². The molecule has 0 aliphatic heterocycles. The molecule has 0 aliphatic rings. The Morgan fingerprint density at radius 3 is 3.06 bits per heavy atom. The number of aryl methyl sites for hydroxylation is 1. The van der Waals surface area contributed by atoms with Gasteiger partial charge in [-0.15, -0.1) is 0 Å². The Labute approximate surface area is 114 Å². The van der Waals surface area contributed by atoms with Crippen molar-refractivity contribution in [2.24, 2.45) is 0 Å². The molecule has 0 atom stereocenters. The van der Waals surface area contributed by atoms with Crippen LogP contribution in [-0.2, 0) is 17.8 Å². The minimum Gasteiger partial charge on any atom is -0.385 e. The maximum atomic E-state index is 5.32. The molecule has 1 heterocycles. The number of nitrogens with one attached hydrogen (secondary N) is 1. The summed E-state index contributed by atoms with van der Waals surface area (Å²) in [5, 5.41) is 8.22. The number of thiocarbonyl (C=S) groups is 1. The summed E-state index contributed by atoms with van der Waals surface area (Å²) in [6, 6.07) is 2.02. The van der Waals surface area contributed by atoms with Crippen molar-refractivity contribution in [1.82, 2.24) is 20.0 Å². The third kappa shape index (κ3) is 4.62. The quantitative estimate of drug-likeness (QED) is 0.596. The Morgan fingerprint density at radius 2 is 2.39 bits per heavy atom. The highest BCUT2D eigenvalue weighted by molar-refractivity contribution is 7.80. The van der Waals surface area contributed by atoms with Gasteiger partial charge in [-0.2, -0.15) is 5.10 Å². The Hall–Kier alpha value is -1.14. The first-order chi connectivity index (χ1) is 8.69. The highest BCUT2D eigenvalue weighted by Crippen LogP contribution is 2.03. The molecule has 0 aliphatic carbocycles. The molecule has 1 aromatic heterocycles. The molecule has 102 valence electrons. The van der Waals surface area contributed by atoms with E-state index in [1.807, 2.05) is 28.9 Å². The van der Waals surface area contributed by atoms with Gasteiger partial charge in [0.15, 0.2) is 5.11 Å². The van der Waals surface area contributed by atoms with E-state index in [0.29, 0.717) is 0 Å². The molecule has 18 heavy (non-hydrogen) atoms. The van der Waals surface area contributed by atoms with Crippen molar-refractivity contribution >= 4 is 17.3 Å². The number of methoxy groups -OCH3 is 1. The summed E-state index contributed by atoms with van der Waals surface area (Å²) >= 11 is 5.32. The zero-order chi connectivity index (χ0) is 13.4. The molecule has 1 rings (SSSR count). The molecule has 6 heteroatoms. The third-order valence-corrected chi connectivity index (χ3v) is 3.11. The fourth-order valence-electron chi connectivity index (χ4n) is 1.64. The smallest absolute Gasteiger partial charge is 0.169 e. The SMILES string of the molecule is CCn1nccc1CN(C)C(=S)NCCCOC. The zero-order valence-electron chi connectivity index (χ0n) is 11.3. The summed E-state index contributed by atoms with van der Waals surface area (Å²) in [7, 11) is 3.69. The van der Waals surface area contributed by atoms with E-state index in [4.69, 9.17) is 17.0 Å². The molecule has 0 unspecified atom stereocenters. The number of rotatable bonds is 7. The zero-order valence-corrected chi connectivity index (χ0v) is 12.2. The Bertz CT molecular complexity index is 367. The predicted octanol–water partition coefficient (Wildman–Crippen LogP) is 1.25. The van der Waals surface area contributed by atoms with Gasteiger partial charge in [0, 0.05) is 40.1 Å². The molecule has 0 saturated carbocycles. The summed E-state index contributed by atoms with van der Waals surface area (Å²) in [6.07, 6.45) is 2.78. The number of hydrogen-bond acceptors (Lipinski definition) is 3. The van der Waals surface area contributed by atoms with Crippen LogP contribution in [0.5, 0.6) is 0 Å². The molecule has 0 bridgehead atoms. The van der Waals surface area contributed by atoms with Crippen molar-refractivity contribution in [3.05, 3.63) is 18.0 Å². The topological polar surface area (TPSA) is 42.3 Å². The molecule has 1 N–H and O–H groups in total. The van der Waals surface area contributed by atoms with Gasteiger partial charge in [0.2, 0.25) is 0 Å². The van der Waals surface area contributed by atoms with E-state index < -0.39 is 0 Å². The Morgan fingerprint density at radius 1 is 1.61 bits per heavy atom. The van der Waals surface area contributed by atoms with Crippen molar-refractivity contribution in [2.45, 2.75) is 26.4 Å². The van der Waals surface area contributed by atoms with Crippen molar-refractivity contribution in [3.63, 3.8) is 0 Å². The molecule has 0 spiro atoms. The van der Waals surface area contributed by atoms with E-state index >= 15 is 0 Å². The van der Waals surface area contributed by atoms with Gasteiger partial charge in [-0.05, 0) is 31.6 Å². The predicted molar refractivity (Wildman–Crippen MR) is 76.5 cm³/mol. The van der Waals surface area contributed by atoms with Crippen molar-refractivity contribution in [3.8, 4) is 0 Å². The van der Waals surface area contributed by atoms with Gasteiger partial charge in [0.05, 0.1) is 12.2 Å². The van der Waals surface area contributed by atoms with Gasteiger partial charge in [0.1, 0.15) is 0 Å². The first kappa shape index (κ1) is 14.9. The van der Waals surface area contributed by atoms with E-state index in [1.54, 1.807) is 7.11 Å². The van der Waals surface area contributed by atoms with Crippen molar-refractivity contribution < 1.29 is 4.74 Å². The average Bonchev–Trinajstić information content (AvgIpc) is 2.81. The largest absolute Gasteiger partial charge is 0.385 e. The number of hydrogen-bond donors (Lipinski definition) is 1. The van der Waals surface area contributed by atoms with Crippen LogP contribution in [0, 0.1) is 0 Å². The van der Waals surface area contributed by atoms with Crippen molar-refractivity contribution in [1.29, 1.82) is 0 Å². The van der Waals surface area contributed by atoms with E-state index in [-0.39, 0.29) is 0 Å². The maximum Gasteiger partial charge on any atom is 0.169 e. The molecular formula is C12H22N4OS. The second kappa shape index (κ2) is 8.05. The van der Waals surface area contributed by atoms with Gasteiger partial charge in [-0.1, -0.05) is 0 Å². The number of nitrogens with zero attached hydrogens (tertiary/aromatic N) is 3. The van der Waals surface area contributed by atoms with Crippen LogP contribution in [0.25, 0.3) is 0 Å². The van der Waals surface area contributed by atoms with Crippen LogP contribution in [0.4, 0.5) is 0 Å². The molecule has 5 nitrogen and oxygen atoms in total. The Balaban J connectivity index is 2.35. The lowest BCUT2D eigenvalue weighted by Gasteiger charge is -2.21. The first-order valence-corrected chi connectivity index (χ1v) is 6.58. The minimum absolute atomic E-state index is 0.752. The molecule has 1 aromatic rings. The van der Waals surface area contributed by atoms with E-state index in [1.165, 1.54) is 5.69 Å². The van der Waals surface area contributed by atoms with Crippen LogP contribution in [0.15, 0.2) is 12.3 Å². The first-order valence-electron chi connectivity index (χ1n) is 6.17. The van der Waals surface area contributed by atoms with Gasteiger partial charge in [-0.3, -0.25) is 4.68 Å². The normalized spacial score (nSPS) is 10.4. The molecule has 0 aromatic carbocycles. The lowest BCUT2D eigenvalue weighted by molar-refractivity contribution is 0.195. The lowest BCUT2D eigenvalue weighted by atomic mass is 10.4. The molecular weight excluding hydrogens is 248 g/mol. The van der Waals surface area contributed by atoms with Gasteiger partial charge >= 0.3 is 0 Å². The summed E-state index contributed by atoms with van der Waals surface area (Å²) in [4.78, 5) is 2.02. The summed E-state index contributed by atoms with van der Waals surface area (Å²) < 4.78 is 6.97. The minimum atomic E-state index is 0.752. The second-order valence-corrected chi connectivity index (χ2v) is 4.46. The van der Waals surface area contributed by atoms with Gasteiger partial charge in [0.25, 0.3) is 0 Å². The Kier molecular flexibility index (Phi) is 6.67. The van der Waals surface area contributed by atoms with E-state index in [2.05, 4.69) is 17.3 Å². The molecule has 0 amide bonds. The molecule has 0 fully saturated rings. The summed E-state index contributed by atoms with van der Waals surface area (Å²) in [5.41, 5.74) is 1.17. The van der Waals surface area contributed by atoms with Crippen LogP contribution in [-0.4, -0.2) is 47.1 Å². The average molecular weight is 270 g/mol. The third-order valence-electron chi connectivity index (χ3n) is 2.65. The number of aromatic nitrogens is 2. The maximum absolute atomic E-state index is 5.32. The number of ether oxygens (including phenoxy) is 1. The van der Waals surface area contributed by atoms with Crippen LogP contribution in [0.2, 0.25) is 0 Å². The van der Waals surface area contributed by atoms with Gasteiger partial charge < -0.3 is 15.0 Å². The standard InChI is InChI=1S/C12H22N4OS/c1-4-16-11(6-8-14-16)10-15(2)12(18)13-7-5-9-17-3/h6,8H,4-5,7,9-10H2,1-3H3,(H,13,18). The van der Waals surface area contributed by atoms with Crippen LogP contribution >= 0.6 is 12.2 Å². The summed E-state index contributed by atoms with van der Waals surface area (Å²) in [6.45, 7) is 5.32.